The zero-order valence-electron chi connectivity index (χ0n) is 11.9. The average Bonchev–Trinajstić information content (AvgIpc) is 3.21. The van der Waals surface area contributed by atoms with Gasteiger partial charge in [-0.05, 0) is 36.8 Å². The summed E-state index contributed by atoms with van der Waals surface area (Å²) < 4.78 is 0. The Morgan fingerprint density at radius 1 is 1.23 bits per heavy atom. The number of benzene rings is 1. The number of hydrogen-bond donors (Lipinski definition) is 1. The predicted molar refractivity (Wildman–Crippen MR) is 76.4 cm³/mol. The van der Waals surface area contributed by atoms with Gasteiger partial charge in [0.2, 0.25) is 0 Å². The topological polar surface area (TPSA) is 101 Å². The van der Waals surface area contributed by atoms with Crippen LogP contribution in [0.2, 0.25) is 0 Å². The first kappa shape index (κ1) is 14.5. The number of carboxylic acid groups (broad SMARTS) is 1. The highest BCUT2D eigenvalue weighted by molar-refractivity contribution is 5.94. The van der Waals surface area contributed by atoms with Gasteiger partial charge < -0.3 is 10.0 Å². The van der Waals surface area contributed by atoms with Crippen molar-refractivity contribution >= 4 is 17.6 Å². The minimum Gasteiger partial charge on any atom is -0.481 e. The Labute approximate surface area is 126 Å². The smallest absolute Gasteiger partial charge is 0.307 e. The molecule has 2 aliphatic rings. The van der Waals surface area contributed by atoms with Crippen LogP contribution >= 0.6 is 0 Å². The summed E-state index contributed by atoms with van der Waals surface area (Å²) in [5, 5.41) is 19.7. The third-order valence-electron chi connectivity index (χ3n) is 4.86. The Hall–Kier alpha value is -2.44. The van der Waals surface area contributed by atoms with Gasteiger partial charge in [0.15, 0.2) is 0 Å². The molecule has 1 N–H and O–H groups in total. The van der Waals surface area contributed by atoms with E-state index in [4.69, 9.17) is 5.11 Å². The number of nitro benzene ring substituents is 1. The van der Waals surface area contributed by atoms with Crippen LogP contribution in [0.4, 0.5) is 5.69 Å². The number of carbonyl (C=O) groups is 2. The Morgan fingerprint density at radius 3 is 2.27 bits per heavy atom. The van der Waals surface area contributed by atoms with Crippen LogP contribution in [0.15, 0.2) is 24.3 Å². The van der Waals surface area contributed by atoms with E-state index in [0.717, 1.165) is 0 Å². The molecular weight excluding hydrogens is 288 g/mol. The highest BCUT2D eigenvalue weighted by Crippen LogP contribution is 2.59. The van der Waals surface area contributed by atoms with E-state index in [1.165, 1.54) is 24.3 Å². The molecule has 116 valence electrons. The van der Waals surface area contributed by atoms with Gasteiger partial charge >= 0.3 is 5.97 Å². The molecule has 1 heterocycles. The van der Waals surface area contributed by atoms with Crippen LogP contribution in [0, 0.1) is 21.4 Å². The molecule has 2 fully saturated rings. The lowest BCUT2D eigenvalue weighted by molar-refractivity contribution is -0.384. The molecule has 1 saturated carbocycles. The molecule has 7 nitrogen and oxygen atoms in total. The molecule has 1 saturated heterocycles. The van der Waals surface area contributed by atoms with E-state index in [0.29, 0.717) is 37.9 Å². The molecule has 1 amide bonds. The summed E-state index contributed by atoms with van der Waals surface area (Å²) in [6.07, 6.45) is 2.13. The second kappa shape index (κ2) is 5.08. The minimum absolute atomic E-state index is 0.0450. The van der Waals surface area contributed by atoms with E-state index < -0.39 is 10.9 Å². The van der Waals surface area contributed by atoms with Crippen molar-refractivity contribution in [1.82, 2.24) is 4.90 Å². The number of piperidine rings is 1. The third-order valence-corrected chi connectivity index (χ3v) is 4.86. The average molecular weight is 304 g/mol. The molecule has 7 heteroatoms. The lowest BCUT2D eigenvalue weighted by Gasteiger charge is -2.32. The number of nitrogens with zero attached hydrogens (tertiary/aromatic N) is 2. The Morgan fingerprint density at radius 2 is 1.82 bits per heavy atom. The second-order valence-electron chi connectivity index (χ2n) is 6.05. The summed E-state index contributed by atoms with van der Waals surface area (Å²) in [5.74, 6) is -1.16. The number of likely N-dealkylation sites (tertiary alicyclic amines) is 1. The standard InChI is InChI=1S/C15H16N2O5/c18-13(10-1-3-11(4-2-10)17(21)22)16-7-5-15(6-8-16)9-12(15)14(19)20/h1-4,12H,5-9H2,(H,19,20). The third kappa shape index (κ3) is 2.43. The highest BCUT2D eigenvalue weighted by Gasteiger charge is 2.59. The van der Waals surface area contributed by atoms with Crippen LogP contribution in [0.5, 0.6) is 0 Å². The van der Waals surface area contributed by atoms with Crippen LogP contribution in [-0.2, 0) is 4.79 Å². The van der Waals surface area contributed by atoms with Gasteiger partial charge in [-0.15, -0.1) is 0 Å². The van der Waals surface area contributed by atoms with Crippen molar-refractivity contribution in [2.75, 3.05) is 13.1 Å². The van der Waals surface area contributed by atoms with Crippen molar-refractivity contribution in [3.8, 4) is 0 Å². The van der Waals surface area contributed by atoms with E-state index in [1.54, 1.807) is 4.90 Å². The second-order valence-corrected chi connectivity index (χ2v) is 6.05. The maximum Gasteiger partial charge on any atom is 0.307 e. The quantitative estimate of drug-likeness (QED) is 0.679. The Kier molecular flexibility index (Phi) is 3.35. The zero-order chi connectivity index (χ0) is 15.9. The fourth-order valence-electron chi connectivity index (χ4n) is 3.31. The van der Waals surface area contributed by atoms with Crippen molar-refractivity contribution < 1.29 is 19.6 Å². The fraction of sp³-hybridized carbons (Fsp3) is 0.467. The number of rotatable bonds is 3. The van der Waals surface area contributed by atoms with E-state index in [9.17, 15) is 19.7 Å². The number of aliphatic carboxylic acids is 1. The van der Waals surface area contributed by atoms with Gasteiger partial charge in [-0.1, -0.05) is 0 Å². The molecule has 0 aromatic heterocycles. The normalized spacial score (nSPS) is 22.4. The van der Waals surface area contributed by atoms with Gasteiger partial charge in [0.1, 0.15) is 0 Å². The van der Waals surface area contributed by atoms with E-state index in [1.807, 2.05) is 0 Å². The lowest BCUT2D eigenvalue weighted by atomic mass is 9.90. The van der Waals surface area contributed by atoms with Crippen molar-refractivity contribution in [3.63, 3.8) is 0 Å². The summed E-state index contributed by atoms with van der Waals surface area (Å²) in [6.45, 7) is 1.08. The van der Waals surface area contributed by atoms with Crippen LogP contribution in [0.1, 0.15) is 29.6 Å². The zero-order valence-corrected chi connectivity index (χ0v) is 11.9. The first-order valence-electron chi connectivity index (χ1n) is 7.19. The molecule has 0 bridgehead atoms. The number of nitro groups is 1. The first-order chi connectivity index (χ1) is 10.4. The molecule has 1 aliphatic heterocycles. The van der Waals surface area contributed by atoms with Gasteiger partial charge in [0.25, 0.3) is 11.6 Å². The number of hydrogen-bond acceptors (Lipinski definition) is 4. The minimum atomic E-state index is -0.741. The van der Waals surface area contributed by atoms with Crippen LogP contribution < -0.4 is 0 Å². The summed E-state index contributed by atoms with van der Waals surface area (Å²) >= 11 is 0. The highest BCUT2D eigenvalue weighted by atomic mass is 16.6. The molecule has 1 aliphatic carbocycles. The molecule has 1 spiro atoms. The van der Waals surface area contributed by atoms with E-state index in [-0.39, 0.29) is 22.9 Å². The van der Waals surface area contributed by atoms with Crippen LogP contribution in [-0.4, -0.2) is 39.9 Å². The molecule has 22 heavy (non-hydrogen) atoms. The van der Waals surface area contributed by atoms with Crippen molar-refractivity contribution in [2.24, 2.45) is 11.3 Å². The number of non-ortho nitro benzene ring substituents is 1. The Bertz CT molecular complexity index is 632. The number of carbonyl (C=O) groups excluding carboxylic acids is 1. The molecule has 3 rings (SSSR count). The summed E-state index contributed by atoms with van der Waals surface area (Å²) in [6, 6.07) is 5.56. The maximum absolute atomic E-state index is 12.4. The van der Waals surface area contributed by atoms with Gasteiger partial charge in [-0.2, -0.15) is 0 Å². The summed E-state index contributed by atoms with van der Waals surface area (Å²) in [5.41, 5.74) is 0.265. The fourth-order valence-corrected chi connectivity index (χ4v) is 3.31. The molecule has 1 aromatic carbocycles. The summed E-state index contributed by atoms with van der Waals surface area (Å²) in [4.78, 5) is 35.2. The lowest BCUT2D eigenvalue weighted by Crippen LogP contribution is -2.40. The van der Waals surface area contributed by atoms with Gasteiger partial charge in [0.05, 0.1) is 10.8 Å². The molecule has 1 aromatic rings. The molecule has 1 atom stereocenters. The molecule has 0 radical (unpaired) electrons. The van der Waals surface area contributed by atoms with Crippen molar-refractivity contribution in [2.45, 2.75) is 19.3 Å². The van der Waals surface area contributed by atoms with Gasteiger partial charge in [-0.3, -0.25) is 19.7 Å². The van der Waals surface area contributed by atoms with Crippen LogP contribution in [0.3, 0.4) is 0 Å². The van der Waals surface area contributed by atoms with Crippen molar-refractivity contribution in [1.29, 1.82) is 0 Å². The SMILES string of the molecule is O=C(O)C1CC12CCN(C(=O)c1ccc([N+](=O)[O-])cc1)CC2. The number of carboxylic acids is 1. The maximum atomic E-state index is 12.4. The largest absolute Gasteiger partial charge is 0.481 e. The summed E-state index contributed by atoms with van der Waals surface area (Å²) in [7, 11) is 0. The van der Waals surface area contributed by atoms with Crippen LogP contribution in [0.25, 0.3) is 0 Å². The van der Waals surface area contributed by atoms with E-state index in [2.05, 4.69) is 0 Å². The molecular formula is C15H16N2O5. The Balaban J connectivity index is 1.63. The molecule has 1 unspecified atom stereocenters. The van der Waals surface area contributed by atoms with Gasteiger partial charge in [-0.25, -0.2) is 0 Å². The van der Waals surface area contributed by atoms with E-state index >= 15 is 0 Å². The van der Waals surface area contributed by atoms with Crippen molar-refractivity contribution in [3.05, 3.63) is 39.9 Å². The number of amides is 1. The first-order valence-corrected chi connectivity index (χ1v) is 7.19. The van der Waals surface area contributed by atoms with Gasteiger partial charge in [0, 0.05) is 30.8 Å². The monoisotopic (exact) mass is 304 g/mol. The predicted octanol–water partition coefficient (Wildman–Crippen LogP) is 1.92.